The Labute approximate surface area is 165 Å². The highest BCUT2D eigenvalue weighted by Crippen LogP contribution is 2.22. The monoisotopic (exact) mass is 373 g/mol. The fourth-order valence-corrected chi connectivity index (χ4v) is 2.70. The van der Waals surface area contributed by atoms with Crippen molar-refractivity contribution in [3.8, 4) is 11.5 Å². The number of pyridine rings is 1. The molecule has 0 N–H and O–H groups in total. The average Bonchev–Trinajstić information content (AvgIpc) is 2.74. The van der Waals surface area contributed by atoms with E-state index in [1.807, 2.05) is 80.6 Å². The fraction of sp³-hybridized carbons (Fsp3) is 0.174. The molecule has 0 fully saturated rings. The molecular weight excluding hydrogens is 350 g/mol. The normalized spacial score (nSPS) is 12.0. The molecule has 28 heavy (non-hydrogen) atoms. The number of benzene rings is 2. The Kier molecular flexibility index (Phi) is 6.17. The fourth-order valence-electron chi connectivity index (χ4n) is 2.70. The van der Waals surface area contributed by atoms with Crippen molar-refractivity contribution in [1.82, 2.24) is 4.98 Å². The minimum Gasteiger partial charge on any atom is -0.497 e. The number of aliphatic imine (C=N–C) groups is 2. The van der Waals surface area contributed by atoms with Crippen molar-refractivity contribution in [3.63, 3.8) is 0 Å². The van der Waals surface area contributed by atoms with Crippen LogP contribution in [0, 0.1) is 0 Å². The highest BCUT2D eigenvalue weighted by molar-refractivity contribution is 6.02. The largest absolute Gasteiger partial charge is 0.497 e. The van der Waals surface area contributed by atoms with Gasteiger partial charge in [-0.1, -0.05) is 18.2 Å². The Bertz CT molecular complexity index is 947. The molecule has 2 aromatic carbocycles. The molecule has 0 saturated heterocycles. The predicted molar refractivity (Wildman–Crippen MR) is 114 cm³/mol. The molecular formula is C23H23N3O2. The minimum atomic E-state index is 0.775. The number of hydrogen-bond acceptors (Lipinski definition) is 5. The molecule has 3 rings (SSSR count). The molecule has 142 valence electrons. The van der Waals surface area contributed by atoms with Gasteiger partial charge in [-0.15, -0.1) is 0 Å². The van der Waals surface area contributed by atoms with Crippen LogP contribution in [0.15, 0.2) is 76.7 Å². The summed E-state index contributed by atoms with van der Waals surface area (Å²) in [6, 6.07) is 21.1. The summed E-state index contributed by atoms with van der Waals surface area (Å²) in [4.78, 5) is 14.1. The third kappa shape index (κ3) is 4.82. The summed E-state index contributed by atoms with van der Waals surface area (Å²) in [6.45, 7) is 3.89. The van der Waals surface area contributed by atoms with Gasteiger partial charge >= 0.3 is 0 Å². The first-order valence-electron chi connectivity index (χ1n) is 8.95. The number of hydrogen-bond donors (Lipinski definition) is 0. The topological polar surface area (TPSA) is 56.1 Å². The van der Waals surface area contributed by atoms with Gasteiger partial charge in [0.05, 0.1) is 48.4 Å². The van der Waals surface area contributed by atoms with E-state index in [4.69, 9.17) is 14.5 Å². The summed E-state index contributed by atoms with van der Waals surface area (Å²) in [5.74, 6) is 1.55. The van der Waals surface area contributed by atoms with Crippen LogP contribution in [-0.2, 0) is 0 Å². The molecule has 0 radical (unpaired) electrons. The van der Waals surface area contributed by atoms with Gasteiger partial charge in [-0.05, 0) is 50.2 Å². The van der Waals surface area contributed by atoms with Crippen molar-refractivity contribution in [2.24, 2.45) is 9.98 Å². The second kappa shape index (κ2) is 8.95. The smallest absolute Gasteiger partial charge is 0.121 e. The molecule has 5 nitrogen and oxygen atoms in total. The maximum Gasteiger partial charge on any atom is 0.121 e. The van der Waals surface area contributed by atoms with Crippen molar-refractivity contribution >= 4 is 22.8 Å². The van der Waals surface area contributed by atoms with Crippen LogP contribution in [0.4, 0.5) is 11.4 Å². The van der Waals surface area contributed by atoms with E-state index < -0.39 is 0 Å². The van der Waals surface area contributed by atoms with E-state index in [0.717, 1.165) is 45.7 Å². The van der Waals surface area contributed by atoms with Crippen LogP contribution >= 0.6 is 0 Å². The molecule has 0 unspecified atom stereocenters. The van der Waals surface area contributed by atoms with Crippen molar-refractivity contribution in [1.29, 1.82) is 0 Å². The highest BCUT2D eigenvalue weighted by atomic mass is 16.5. The third-order valence-electron chi connectivity index (χ3n) is 4.19. The molecule has 0 atom stereocenters. The molecule has 0 aliphatic carbocycles. The Hall–Kier alpha value is -3.47. The summed E-state index contributed by atoms with van der Waals surface area (Å²) in [5, 5.41) is 0. The first kappa shape index (κ1) is 19.3. The summed E-state index contributed by atoms with van der Waals surface area (Å²) in [5.41, 5.74) is 4.91. The van der Waals surface area contributed by atoms with Crippen LogP contribution in [0.5, 0.6) is 11.5 Å². The van der Waals surface area contributed by atoms with E-state index >= 15 is 0 Å². The van der Waals surface area contributed by atoms with Crippen LogP contribution in [0.2, 0.25) is 0 Å². The molecule has 0 spiro atoms. The summed E-state index contributed by atoms with van der Waals surface area (Å²) >= 11 is 0. The van der Waals surface area contributed by atoms with Crippen molar-refractivity contribution < 1.29 is 9.47 Å². The van der Waals surface area contributed by atoms with E-state index in [1.165, 1.54) is 0 Å². The standard InChI is InChI=1S/C23H23N3O2/c1-16(24-18-8-5-10-20(14-18)27-3)22-12-7-13-23(26-22)17(2)25-19-9-6-11-21(15-19)28-4/h5-15H,1-4H3. The first-order chi connectivity index (χ1) is 13.6. The summed E-state index contributed by atoms with van der Waals surface area (Å²) < 4.78 is 10.5. The maximum absolute atomic E-state index is 5.26. The van der Waals surface area contributed by atoms with E-state index in [-0.39, 0.29) is 0 Å². The van der Waals surface area contributed by atoms with Gasteiger partial charge in [0.25, 0.3) is 0 Å². The van der Waals surface area contributed by atoms with Gasteiger partial charge in [0.2, 0.25) is 0 Å². The third-order valence-corrected chi connectivity index (χ3v) is 4.19. The number of nitrogens with zero attached hydrogens (tertiary/aromatic N) is 3. The Balaban J connectivity index is 1.88. The summed E-state index contributed by atoms with van der Waals surface area (Å²) in [6.07, 6.45) is 0. The molecule has 0 bridgehead atoms. The van der Waals surface area contributed by atoms with Gasteiger partial charge in [-0.25, -0.2) is 4.98 Å². The second-order valence-corrected chi connectivity index (χ2v) is 6.21. The van der Waals surface area contributed by atoms with E-state index in [2.05, 4.69) is 9.98 Å². The lowest BCUT2D eigenvalue weighted by Crippen LogP contribution is -2.05. The zero-order valence-electron chi connectivity index (χ0n) is 16.5. The van der Waals surface area contributed by atoms with Gasteiger partial charge in [0, 0.05) is 12.1 Å². The minimum absolute atomic E-state index is 0.775. The SMILES string of the molecule is COc1cccc(N=C(C)c2cccc(C(C)=Nc3cccc(OC)c3)n2)c1. The average molecular weight is 373 g/mol. The van der Waals surface area contributed by atoms with Gasteiger partial charge < -0.3 is 9.47 Å². The zero-order valence-corrected chi connectivity index (χ0v) is 16.5. The first-order valence-corrected chi connectivity index (χ1v) is 8.95. The summed E-state index contributed by atoms with van der Waals surface area (Å²) in [7, 11) is 3.29. The second-order valence-electron chi connectivity index (χ2n) is 6.21. The number of methoxy groups -OCH3 is 2. The molecule has 3 aromatic rings. The number of rotatable bonds is 6. The van der Waals surface area contributed by atoms with Crippen LogP contribution in [0.25, 0.3) is 0 Å². The van der Waals surface area contributed by atoms with Crippen molar-refractivity contribution in [3.05, 3.63) is 78.1 Å². The quantitative estimate of drug-likeness (QED) is 0.545. The Morgan fingerprint density at radius 1 is 0.679 bits per heavy atom. The molecule has 0 aliphatic rings. The van der Waals surface area contributed by atoms with Gasteiger partial charge in [0.1, 0.15) is 11.5 Å². The van der Waals surface area contributed by atoms with E-state index in [9.17, 15) is 0 Å². The Morgan fingerprint density at radius 2 is 1.11 bits per heavy atom. The number of aromatic nitrogens is 1. The predicted octanol–water partition coefficient (Wildman–Crippen LogP) is 5.38. The molecule has 1 heterocycles. The molecule has 1 aromatic heterocycles. The van der Waals surface area contributed by atoms with Crippen molar-refractivity contribution in [2.75, 3.05) is 14.2 Å². The van der Waals surface area contributed by atoms with Gasteiger partial charge in [-0.2, -0.15) is 0 Å². The van der Waals surface area contributed by atoms with E-state index in [0.29, 0.717) is 0 Å². The maximum atomic E-state index is 5.26. The molecule has 0 saturated carbocycles. The lowest BCUT2D eigenvalue weighted by Gasteiger charge is -2.06. The van der Waals surface area contributed by atoms with Crippen LogP contribution < -0.4 is 9.47 Å². The number of ether oxygens (including phenoxy) is 2. The van der Waals surface area contributed by atoms with Gasteiger partial charge in [0.15, 0.2) is 0 Å². The Morgan fingerprint density at radius 3 is 1.54 bits per heavy atom. The van der Waals surface area contributed by atoms with Crippen molar-refractivity contribution in [2.45, 2.75) is 13.8 Å². The lowest BCUT2D eigenvalue weighted by atomic mass is 10.2. The molecule has 0 amide bonds. The van der Waals surface area contributed by atoms with Crippen LogP contribution in [-0.4, -0.2) is 30.6 Å². The molecule has 0 aliphatic heterocycles. The zero-order chi connectivity index (χ0) is 19.9. The van der Waals surface area contributed by atoms with Gasteiger partial charge in [-0.3, -0.25) is 9.98 Å². The highest BCUT2D eigenvalue weighted by Gasteiger charge is 2.05. The van der Waals surface area contributed by atoms with E-state index in [1.54, 1.807) is 14.2 Å². The van der Waals surface area contributed by atoms with Crippen LogP contribution in [0.1, 0.15) is 25.2 Å². The molecule has 5 heteroatoms. The lowest BCUT2D eigenvalue weighted by molar-refractivity contribution is 0.415. The van der Waals surface area contributed by atoms with Crippen LogP contribution in [0.3, 0.4) is 0 Å².